The van der Waals surface area contributed by atoms with Crippen LogP contribution in [0.5, 0.6) is 5.75 Å². The van der Waals surface area contributed by atoms with Crippen molar-refractivity contribution in [1.29, 1.82) is 0 Å². The molecule has 1 fully saturated rings. The monoisotopic (exact) mass is 436 g/mol. The zero-order chi connectivity index (χ0) is 21.3. The molecular formula is C22H14NO5S2-. The number of nitrogens with zero attached hydrogens (tertiary/aromatic N) is 1. The molecule has 0 spiro atoms. The summed E-state index contributed by atoms with van der Waals surface area (Å²) in [5, 5.41) is 10.9. The Balaban J connectivity index is 1.56. The summed E-state index contributed by atoms with van der Waals surface area (Å²) in [7, 11) is 1.58. The highest BCUT2D eigenvalue weighted by molar-refractivity contribution is 8.27. The van der Waals surface area contributed by atoms with Crippen molar-refractivity contribution < 1.29 is 23.8 Å². The SMILES string of the molecule is COc1ccc(N2C(=O)C(=Cc3ccc(-c4ccc(C(=O)[O-])cc4)o3)SC2=S)cc1. The van der Waals surface area contributed by atoms with E-state index in [2.05, 4.69) is 0 Å². The van der Waals surface area contributed by atoms with Crippen molar-refractivity contribution in [2.75, 3.05) is 12.0 Å². The number of carbonyl (C=O) groups is 2. The van der Waals surface area contributed by atoms with Gasteiger partial charge in [0.1, 0.15) is 17.3 Å². The second-order valence-corrected chi connectivity index (χ2v) is 7.96. The quantitative estimate of drug-likeness (QED) is 0.445. The topological polar surface area (TPSA) is 82.8 Å². The molecule has 0 bridgehead atoms. The zero-order valence-electron chi connectivity index (χ0n) is 15.7. The van der Waals surface area contributed by atoms with Gasteiger partial charge in [0.25, 0.3) is 5.91 Å². The number of thiocarbonyl (C=S) groups is 1. The van der Waals surface area contributed by atoms with Crippen molar-refractivity contribution >= 4 is 51.9 Å². The van der Waals surface area contributed by atoms with Gasteiger partial charge in [0.15, 0.2) is 4.32 Å². The molecule has 2 heterocycles. The van der Waals surface area contributed by atoms with E-state index in [4.69, 9.17) is 21.4 Å². The lowest BCUT2D eigenvalue weighted by Crippen LogP contribution is -2.27. The summed E-state index contributed by atoms with van der Waals surface area (Å²) < 4.78 is 11.4. The van der Waals surface area contributed by atoms with E-state index < -0.39 is 5.97 Å². The van der Waals surface area contributed by atoms with E-state index in [0.717, 1.165) is 0 Å². The highest BCUT2D eigenvalue weighted by atomic mass is 32.2. The largest absolute Gasteiger partial charge is 0.545 e. The van der Waals surface area contributed by atoms with Crippen LogP contribution in [0.4, 0.5) is 5.69 Å². The van der Waals surface area contributed by atoms with Gasteiger partial charge in [-0.15, -0.1) is 0 Å². The molecule has 0 radical (unpaired) electrons. The number of ether oxygens (including phenoxy) is 1. The Hall–Kier alpha value is -3.36. The number of benzene rings is 2. The molecule has 30 heavy (non-hydrogen) atoms. The molecule has 1 aromatic heterocycles. The highest BCUT2D eigenvalue weighted by Gasteiger charge is 2.33. The molecule has 0 saturated carbocycles. The second-order valence-electron chi connectivity index (χ2n) is 6.28. The van der Waals surface area contributed by atoms with Crippen LogP contribution in [0.25, 0.3) is 17.4 Å². The first-order valence-corrected chi connectivity index (χ1v) is 10.0. The molecule has 1 saturated heterocycles. The number of carboxylic acids is 1. The summed E-state index contributed by atoms with van der Waals surface area (Å²) in [6.45, 7) is 0. The van der Waals surface area contributed by atoms with E-state index in [-0.39, 0.29) is 11.5 Å². The van der Waals surface area contributed by atoms with Crippen LogP contribution in [-0.4, -0.2) is 23.3 Å². The predicted molar refractivity (Wildman–Crippen MR) is 117 cm³/mol. The Bertz CT molecular complexity index is 1160. The molecule has 150 valence electrons. The Kier molecular flexibility index (Phi) is 5.43. The van der Waals surface area contributed by atoms with E-state index >= 15 is 0 Å². The number of carboxylic acid groups (broad SMARTS) is 1. The lowest BCUT2D eigenvalue weighted by Gasteiger charge is -2.14. The minimum absolute atomic E-state index is 0.0905. The number of rotatable bonds is 5. The van der Waals surface area contributed by atoms with Gasteiger partial charge in [-0.05, 0) is 42.0 Å². The number of hydrogen-bond acceptors (Lipinski definition) is 7. The summed E-state index contributed by atoms with van der Waals surface area (Å²) >= 11 is 6.58. The van der Waals surface area contributed by atoms with Crippen LogP contribution in [0.2, 0.25) is 0 Å². The fourth-order valence-electron chi connectivity index (χ4n) is 2.91. The van der Waals surface area contributed by atoms with Gasteiger partial charge in [-0.3, -0.25) is 9.69 Å². The molecule has 3 aromatic rings. The molecular weight excluding hydrogens is 422 g/mol. The molecule has 0 unspecified atom stereocenters. The number of amides is 1. The standard InChI is InChI=1S/C22H15NO5S2/c1-27-16-8-6-15(7-9-16)23-20(24)19(30-22(23)29)12-17-10-11-18(28-17)13-2-4-14(5-3-13)21(25)26/h2-12H,1H3,(H,25,26)/p-1. The molecule has 1 amide bonds. The summed E-state index contributed by atoms with van der Waals surface area (Å²) in [5.41, 5.74) is 1.47. The van der Waals surface area contributed by atoms with E-state index in [0.29, 0.717) is 37.7 Å². The first-order chi connectivity index (χ1) is 14.5. The van der Waals surface area contributed by atoms with Crippen molar-refractivity contribution in [3.05, 3.63) is 76.9 Å². The van der Waals surface area contributed by atoms with Gasteiger partial charge in [-0.25, -0.2) is 0 Å². The van der Waals surface area contributed by atoms with Crippen molar-refractivity contribution in [3.63, 3.8) is 0 Å². The van der Waals surface area contributed by atoms with E-state index in [1.165, 1.54) is 28.8 Å². The van der Waals surface area contributed by atoms with Crippen LogP contribution in [0, 0.1) is 0 Å². The Morgan fingerprint density at radius 3 is 2.43 bits per heavy atom. The van der Waals surface area contributed by atoms with Gasteiger partial charge < -0.3 is 19.1 Å². The van der Waals surface area contributed by atoms with Crippen LogP contribution < -0.4 is 14.7 Å². The molecule has 1 aliphatic rings. The summed E-state index contributed by atoms with van der Waals surface area (Å²) in [5.74, 6) is 0.267. The Morgan fingerprint density at radius 2 is 1.80 bits per heavy atom. The molecule has 8 heteroatoms. The fourth-order valence-corrected chi connectivity index (χ4v) is 4.19. The second kappa shape index (κ2) is 8.17. The average molecular weight is 436 g/mol. The number of methoxy groups -OCH3 is 1. The third kappa shape index (κ3) is 3.87. The Labute approximate surface area is 181 Å². The smallest absolute Gasteiger partial charge is 0.270 e. The lowest BCUT2D eigenvalue weighted by molar-refractivity contribution is -0.255. The lowest BCUT2D eigenvalue weighted by atomic mass is 10.1. The van der Waals surface area contributed by atoms with Gasteiger partial charge in [0.05, 0.1) is 23.7 Å². The van der Waals surface area contributed by atoms with Crippen LogP contribution in [0.3, 0.4) is 0 Å². The summed E-state index contributed by atoms with van der Waals surface area (Å²) in [4.78, 5) is 25.6. The maximum absolute atomic E-state index is 12.9. The Morgan fingerprint density at radius 1 is 1.10 bits per heavy atom. The minimum atomic E-state index is -1.24. The van der Waals surface area contributed by atoms with E-state index in [1.807, 2.05) is 0 Å². The zero-order valence-corrected chi connectivity index (χ0v) is 17.3. The highest BCUT2D eigenvalue weighted by Crippen LogP contribution is 2.37. The van der Waals surface area contributed by atoms with Crippen molar-refractivity contribution in [3.8, 4) is 17.1 Å². The first kappa shape index (κ1) is 19.9. The van der Waals surface area contributed by atoms with Gasteiger partial charge in [-0.1, -0.05) is 48.2 Å². The first-order valence-electron chi connectivity index (χ1n) is 8.80. The minimum Gasteiger partial charge on any atom is -0.545 e. The molecule has 6 nitrogen and oxygen atoms in total. The van der Waals surface area contributed by atoms with Crippen molar-refractivity contribution in [2.45, 2.75) is 0 Å². The molecule has 0 N–H and O–H groups in total. The third-order valence-corrected chi connectivity index (χ3v) is 5.73. The fraction of sp³-hybridized carbons (Fsp3) is 0.0455. The van der Waals surface area contributed by atoms with Crippen molar-refractivity contribution in [2.24, 2.45) is 0 Å². The number of anilines is 1. The number of thioether (sulfide) groups is 1. The third-order valence-electron chi connectivity index (χ3n) is 4.43. The molecule has 0 atom stereocenters. The molecule has 1 aliphatic heterocycles. The van der Waals surface area contributed by atoms with Gasteiger partial charge in [0.2, 0.25) is 0 Å². The van der Waals surface area contributed by atoms with Crippen LogP contribution >= 0.6 is 24.0 Å². The van der Waals surface area contributed by atoms with E-state index in [9.17, 15) is 14.7 Å². The summed E-state index contributed by atoms with van der Waals surface area (Å²) in [6.07, 6.45) is 1.64. The predicted octanol–water partition coefficient (Wildman–Crippen LogP) is 3.72. The average Bonchev–Trinajstić information content (AvgIpc) is 3.33. The van der Waals surface area contributed by atoms with Crippen LogP contribution in [0.15, 0.2) is 70.0 Å². The van der Waals surface area contributed by atoms with Crippen LogP contribution in [0.1, 0.15) is 16.1 Å². The summed E-state index contributed by atoms with van der Waals surface area (Å²) in [6, 6.07) is 16.7. The molecule has 0 aliphatic carbocycles. The van der Waals surface area contributed by atoms with Gasteiger partial charge in [0, 0.05) is 11.6 Å². The number of carbonyl (C=O) groups excluding carboxylic acids is 2. The molecule has 4 rings (SSSR count). The molecule has 2 aromatic carbocycles. The van der Waals surface area contributed by atoms with Crippen molar-refractivity contribution in [1.82, 2.24) is 0 Å². The van der Waals surface area contributed by atoms with Gasteiger partial charge in [-0.2, -0.15) is 0 Å². The van der Waals surface area contributed by atoms with Gasteiger partial charge >= 0.3 is 0 Å². The maximum atomic E-state index is 12.9. The number of furan rings is 1. The number of hydrogen-bond donors (Lipinski definition) is 0. The number of aromatic carboxylic acids is 1. The maximum Gasteiger partial charge on any atom is 0.270 e. The van der Waals surface area contributed by atoms with Crippen LogP contribution in [-0.2, 0) is 4.79 Å². The normalized spacial score (nSPS) is 15.1. The van der Waals surface area contributed by atoms with E-state index in [1.54, 1.807) is 61.7 Å².